The highest BCUT2D eigenvalue weighted by atomic mass is 32.2. The minimum absolute atomic E-state index is 0.0326. The molecule has 3 heterocycles. The van der Waals surface area contributed by atoms with Crippen LogP contribution >= 0.6 is 11.8 Å². The minimum Gasteiger partial charge on any atom is -0.342 e. The summed E-state index contributed by atoms with van der Waals surface area (Å²) in [5.41, 5.74) is 1.31. The summed E-state index contributed by atoms with van der Waals surface area (Å²) in [6, 6.07) is 3.94. The molecule has 3 rings (SSSR count). The van der Waals surface area contributed by atoms with Crippen LogP contribution in [-0.4, -0.2) is 57.7 Å². The predicted molar refractivity (Wildman–Crippen MR) is 100 cm³/mol. The van der Waals surface area contributed by atoms with Gasteiger partial charge in [0.1, 0.15) is 0 Å². The van der Waals surface area contributed by atoms with Crippen molar-refractivity contribution in [2.24, 2.45) is 5.41 Å². The maximum absolute atomic E-state index is 12.4. The number of pyridine rings is 1. The number of aromatic nitrogens is 1. The zero-order valence-corrected chi connectivity index (χ0v) is 15.9. The maximum atomic E-state index is 12.4. The smallest absolute Gasteiger partial charge is 0.235 e. The van der Waals surface area contributed by atoms with Gasteiger partial charge in [-0.15, -0.1) is 0 Å². The van der Waals surface area contributed by atoms with E-state index in [-0.39, 0.29) is 22.5 Å². The highest BCUT2D eigenvalue weighted by Gasteiger charge is 2.41. The monoisotopic (exact) mass is 361 g/mol. The van der Waals surface area contributed by atoms with E-state index in [1.54, 1.807) is 24.2 Å². The van der Waals surface area contributed by atoms with Gasteiger partial charge in [0.15, 0.2) is 0 Å². The summed E-state index contributed by atoms with van der Waals surface area (Å²) in [6.45, 7) is 5.10. The molecule has 2 aliphatic rings. The fourth-order valence-corrected chi connectivity index (χ4v) is 4.27. The van der Waals surface area contributed by atoms with Crippen LogP contribution in [0.15, 0.2) is 24.5 Å². The van der Waals surface area contributed by atoms with Gasteiger partial charge in [0.05, 0.1) is 5.25 Å². The van der Waals surface area contributed by atoms with Crippen molar-refractivity contribution < 1.29 is 9.59 Å². The van der Waals surface area contributed by atoms with Crippen LogP contribution in [0.2, 0.25) is 0 Å². The second-order valence-corrected chi connectivity index (χ2v) is 8.49. The van der Waals surface area contributed by atoms with Crippen molar-refractivity contribution >= 4 is 23.6 Å². The quantitative estimate of drug-likeness (QED) is 0.827. The zero-order chi connectivity index (χ0) is 17.9. The molecule has 25 heavy (non-hydrogen) atoms. The highest BCUT2D eigenvalue weighted by molar-refractivity contribution is 7.99. The molecule has 1 atom stereocenters. The van der Waals surface area contributed by atoms with Gasteiger partial charge >= 0.3 is 0 Å². The number of amides is 2. The molecular weight excluding hydrogens is 334 g/mol. The van der Waals surface area contributed by atoms with Gasteiger partial charge in [-0.1, -0.05) is 0 Å². The van der Waals surface area contributed by atoms with Crippen molar-refractivity contribution in [1.82, 2.24) is 14.8 Å². The van der Waals surface area contributed by atoms with E-state index < -0.39 is 0 Å². The van der Waals surface area contributed by atoms with Gasteiger partial charge in [-0.3, -0.25) is 14.6 Å². The molecule has 5 nitrogen and oxygen atoms in total. The van der Waals surface area contributed by atoms with Crippen LogP contribution in [0.25, 0.3) is 0 Å². The summed E-state index contributed by atoms with van der Waals surface area (Å²) in [7, 11) is 0. The van der Waals surface area contributed by atoms with Gasteiger partial charge < -0.3 is 9.80 Å². The fourth-order valence-electron chi connectivity index (χ4n) is 3.92. The first kappa shape index (κ1) is 18.2. The second kappa shape index (κ2) is 7.77. The third kappa shape index (κ3) is 4.17. The number of rotatable bonds is 4. The number of nitrogens with zero attached hydrogens (tertiary/aromatic N) is 3. The maximum Gasteiger partial charge on any atom is 0.235 e. The van der Waals surface area contributed by atoms with Crippen LogP contribution in [0.4, 0.5) is 0 Å². The summed E-state index contributed by atoms with van der Waals surface area (Å²) in [5.74, 6) is 0.500. The van der Waals surface area contributed by atoms with E-state index in [9.17, 15) is 9.59 Å². The Bertz CT molecular complexity index is 614. The molecule has 0 bridgehead atoms. The summed E-state index contributed by atoms with van der Waals surface area (Å²) < 4.78 is 0. The Morgan fingerprint density at radius 3 is 2.60 bits per heavy atom. The Kier molecular flexibility index (Phi) is 5.67. The summed E-state index contributed by atoms with van der Waals surface area (Å²) in [5, 5.41) is 0.0326. The second-order valence-electron chi connectivity index (χ2n) is 7.31. The zero-order valence-electron chi connectivity index (χ0n) is 15.1. The molecule has 0 aliphatic carbocycles. The standard InChI is InChI=1S/C19H27N3O2S/c1-15(25-2)18(24)21-11-7-19(8-12-21)6-3-17(23)22(14-19)13-16-4-9-20-10-5-16/h4-5,9-10,15H,3,6-8,11-14H2,1-2H3/t15-/m0/s1. The Morgan fingerprint density at radius 2 is 1.96 bits per heavy atom. The van der Waals surface area contributed by atoms with Gasteiger partial charge in [0, 0.05) is 45.0 Å². The van der Waals surface area contributed by atoms with E-state index >= 15 is 0 Å². The van der Waals surface area contributed by atoms with Gasteiger partial charge in [0.25, 0.3) is 0 Å². The number of carbonyl (C=O) groups excluding carboxylic acids is 2. The first-order chi connectivity index (χ1) is 12.0. The molecule has 0 N–H and O–H groups in total. The SMILES string of the molecule is CS[C@@H](C)C(=O)N1CCC2(CCC(=O)N(Cc3ccncc3)C2)CC1. The lowest BCUT2D eigenvalue weighted by atomic mass is 9.72. The molecule has 2 saturated heterocycles. The fraction of sp³-hybridized carbons (Fsp3) is 0.632. The highest BCUT2D eigenvalue weighted by Crippen LogP contribution is 2.40. The first-order valence-electron chi connectivity index (χ1n) is 9.01. The molecule has 0 radical (unpaired) electrons. The Hall–Kier alpha value is -1.56. The van der Waals surface area contributed by atoms with E-state index in [1.807, 2.05) is 35.1 Å². The van der Waals surface area contributed by atoms with Crippen molar-refractivity contribution in [3.8, 4) is 0 Å². The van der Waals surface area contributed by atoms with Crippen LogP contribution in [-0.2, 0) is 16.1 Å². The van der Waals surface area contributed by atoms with E-state index in [4.69, 9.17) is 0 Å². The number of likely N-dealkylation sites (tertiary alicyclic amines) is 2. The van der Waals surface area contributed by atoms with Gasteiger partial charge in [-0.05, 0) is 55.6 Å². The minimum atomic E-state index is 0.0326. The van der Waals surface area contributed by atoms with E-state index in [1.165, 1.54) is 0 Å². The molecular formula is C19H27N3O2S. The molecule has 1 aromatic heterocycles. The number of piperidine rings is 2. The van der Waals surface area contributed by atoms with Crippen LogP contribution in [0.5, 0.6) is 0 Å². The van der Waals surface area contributed by atoms with Gasteiger partial charge in [-0.25, -0.2) is 0 Å². The summed E-state index contributed by atoms with van der Waals surface area (Å²) in [6.07, 6.45) is 9.11. The topological polar surface area (TPSA) is 53.5 Å². The van der Waals surface area contributed by atoms with Crippen LogP contribution in [0.1, 0.15) is 38.2 Å². The molecule has 1 aromatic rings. The number of carbonyl (C=O) groups is 2. The Balaban J connectivity index is 1.61. The molecule has 1 spiro atoms. The van der Waals surface area contributed by atoms with Crippen molar-refractivity contribution in [3.05, 3.63) is 30.1 Å². The first-order valence-corrected chi connectivity index (χ1v) is 10.3. The molecule has 136 valence electrons. The molecule has 6 heteroatoms. The lowest BCUT2D eigenvalue weighted by Gasteiger charge is -2.47. The van der Waals surface area contributed by atoms with E-state index in [2.05, 4.69) is 4.98 Å². The molecule has 0 unspecified atom stereocenters. The van der Waals surface area contributed by atoms with Crippen molar-refractivity contribution in [1.29, 1.82) is 0 Å². The van der Waals surface area contributed by atoms with E-state index in [0.29, 0.717) is 13.0 Å². The summed E-state index contributed by atoms with van der Waals surface area (Å²) >= 11 is 1.61. The van der Waals surface area contributed by atoms with Crippen LogP contribution in [0.3, 0.4) is 0 Å². The number of hydrogen-bond acceptors (Lipinski definition) is 4. The average Bonchev–Trinajstić information content (AvgIpc) is 2.65. The molecule has 2 amide bonds. The number of thioether (sulfide) groups is 1. The lowest BCUT2D eigenvalue weighted by molar-refractivity contribution is -0.142. The molecule has 2 fully saturated rings. The lowest BCUT2D eigenvalue weighted by Crippen LogP contribution is -2.52. The van der Waals surface area contributed by atoms with Crippen molar-refractivity contribution in [2.45, 2.75) is 44.4 Å². The van der Waals surface area contributed by atoms with Crippen molar-refractivity contribution in [2.75, 3.05) is 25.9 Å². The third-order valence-electron chi connectivity index (χ3n) is 5.71. The molecule has 0 aromatic carbocycles. The summed E-state index contributed by atoms with van der Waals surface area (Å²) in [4.78, 5) is 32.8. The third-order valence-corrected chi connectivity index (χ3v) is 6.62. The van der Waals surface area contributed by atoms with Gasteiger partial charge in [-0.2, -0.15) is 11.8 Å². The normalized spacial score (nSPS) is 21.4. The predicted octanol–water partition coefficient (Wildman–Crippen LogP) is 2.56. The Labute approximate surface area is 154 Å². The largest absolute Gasteiger partial charge is 0.342 e. The number of hydrogen-bond donors (Lipinski definition) is 0. The Morgan fingerprint density at radius 1 is 1.28 bits per heavy atom. The van der Waals surface area contributed by atoms with Crippen molar-refractivity contribution in [3.63, 3.8) is 0 Å². The van der Waals surface area contributed by atoms with Crippen LogP contribution < -0.4 is 0 Å². The van der Waals surface area contributed by atoms with E-state index in [0.717, 1.165) is 44.5 Å². The van der Waals surface area contributed by atoms with Crippen LogP contribution in [0, 0.1) is 5.41 Å². The average molecular weight is 362 g/mol. The molecule has 2 aliphatic heterocycles. The molecule has 0 saturated carbocycles. The van der Waals surface area contributed by atoms with Gasteiger partial charge in [0.2, 0.25) is 11.8 Å².